The second-order valence-electron chi connectivity index (χ2n) is 4.94. The van der Waals surface area contributed by atoms with Gasteiger partial charge >= 0.3 is 0 Å². The number of anilines is 2. The lowest BCUT2D eigenvalue weighted by Gasteiger charge is -2.10. The predicted octanol–water partition coefficient (Wildman–Crippen LogP) is 2.75. The number of amides is 1. The summed E-state index contributed by atoms with van der Waals surface area (Å²) < 4.78 is 42.1. The SMILES string of the molecule is COc1c(F)cc(NCC(=O)Nc2ccc3c(c2)OCO3)cc1F. The Bertz CT molecular complexity index is 760. The largest absolute Gasteiger partial charge is 0.491 e. The van der Waals surface area contributed by atoms with Crippen molar-refractivity contribution in [3.05, 3.63) is 42.0 Å². The van der Waals surface area contributed by atoms with Crippen LogP contribution in [0.25, 0.3) is 0 Å². The van der Waals surface area contributed by atoms with Crippen LogP contribution in [0.15, 0.2) is 30.3 Å². The van der Waals surface area contributed by atoms with E-state index < -0.39 is 17.4 Å². The molecule has 0 spiro atoms. The first kappa shape index (κ1) is 15.9. The number of rotatable bonds is 5. The fraction of sp³-hybridized carbons (Fsp3) is 0.188. The van der Waals surface area contributed by atoms with E-state index in [1.54, 1.807) is 18.2 Å². The van der Waals surface area contributed by atoms with E-state index in [0.29, 0.717) is 17.2 Å². The van der Waals surface area contributed by atoms with Crippen LogP contribution in [0.3, 0.4) is 0 Å². The van der Waals surface area contributed by atoms with Crippen LogP contribution in [0.5, 0.6) is 17.2 Å². The number of hydrogen-bond acceptors (Lipinski definition) is 5. The van der Waals surface area contributed by atoms with Crippen molar-refractivity contribution >= 4 is 17.3 Å². The van der Waals surface area contributed by atoms with Crippen LogP contribution in [0.1, 0.15) is 0 Å². The number of methoxy groups -OCH3 is 1. The molecule has 8 heteroatoms. The van der Waals surface area contributed by atoms with Gasteiger partial charge in [0.2, 0.25) is 12.7 Å². The van der Waals surface area contributed by atoms with Gasteiger partial charge in [0.25, 0.3) is 0 Å². The zero-order valence-corrected chi connectivity index (χ0v) is 12.7. The highest BCUT2D eigenvalue weighted by molar-refractivity contribution is 5.94. The summed E-state index contributed by atoms with van der Waals surface area (Å²) in [7, 11) is 1.17. The average Bonchev–Trinajstić information content (AvgIpc) is 3.00. The quantitative estimate of drug-likeness (QED) is 0.879. The lowest BCUT2D eigenvalue weighted by atomic mass is 10.2. The van der Waals surface area contributed by atoms with Gasteiger partial charge in [0.05, 0.1) is 13.7 Å². The van der Waals surface area contributed by atoms with Gasteiger partial charge in [0, 0.05) is 29.6 Å². The Morgan fingerprint density at radius 1 is 1.12 bits per heavy atom. The van der Waals surface area contributed by atoms with E-state index in [4.69, 9.17) is 9.47 Å². The molecule has 2 aromatic rings. The summed E-state index contributed by atoms with van der Waals surface area (Å²) >= 11 is 0. The van der Waals surface area contributed by atoms with Crippen molar-refractivity contribution in [1.29, 1.82) is 0 Å². The summed E-state index contributed by atoms with van der Waals surface area (Å²) in [5, 5.41) is 5.29. The third-order valence-electron chi connectivity index (χ3n) is 3.31. The topological polar surface area (TPSA) is 68.8 Å². The summed E-state index contributed by atoms with van der Waals surface area (Å²) in [5.74, 6) is -1.40. The Morgan fingerprint density at radius 3 is 2.54 bits per heavy atom. The summed E-state index contributed by atoms with van der Waals surface area (Å²) in [6, 6.07) is 7.08. The molecule has 0 atom stereocenters. The normalized spacial score (nSPS) is 12.0. The van der Waals surface area contributed by atoms with E-state index in [9.17, 15) is 13.6 Å². The van der Waals surface area contributed by atoms with Crippen molar-refractivity contribution in [1.82, 2.24) is 0 Å². The van der Waals surface area contributed by atoms with Crippen molar-refractivity contribution < 1.29 is 27.8 Å². The first-order valence-corrected chi connectivity index (χ1v) is 7.03. The molecule has 1 aliphatic heterocycles. The Kier molecular flexibility index (Phi) is 4.37. The lowest BCUT2D eigenvalue weighted by Crippen LogP contribution is -2.21. The molecule has 0 fully saturated rings. The average molecular weight is 336 g/mol. The maximum atomic E-state index is 13.6. The second kappa shape index (κ2) is 6.61. The van der Waals surface area contributed by atoms with Gasteiger partial charge < -0.3 is 24.8 Å². The van der Waals surface area contributed by atoms with E-state index in [1.807, 2.05) is 0 Å². The van der Waals surface area contributed by atoms with E-state index in [2.05, 4.69) is 15.4 Å². The van der Waals surface area contributed by atoms with Gasteiger partial charge in [-0.3, -0.25) is 4.79 Å². The van der Waals surface area contributed by atoms with Crippen LogP contribution in [-0.2, 0) is 4.79 Å². The minimum Gasteiger partial charge on any atom is -0.491 e. The molecule has 1 amide bonds. The maximum Gasteiger partial charge on any atom is 0.243 e. The fourth-order valence-electron chi connectivity index (χ4n) is 2.22. The molecule has 3 rings (SSSR count). The molecule has 2 N–H and O–H groups in total. The summed E-state index contributed by atoms with van der Waals surface area (Å²) in [6.07, 6.45) is 0. The summed E-state index contributed by atoms with van der Waals surface area (Å²) in [5.41, 5.74) is 0.657. The minimum absolute atomic E-state index is 0.131. The number of nitrogens with one attached hydrogen (secondary N) is 2. The molecule has 0 unspecified atom stereocenters. The van der Waals surface area contributed by atoms with Crippen molar-refractivity contribution in [2.45, 2.75) is 0 Å². The molecule has 6 nitrogen and oxygen atoms in total. The van der Waals surface area contributed by atoms with Crippen molar-refractivity contribution in [2.75, 3.05) is 31.1 Å². The van der Waals surface area contributed by atoms with Crippen molar-refractivity contribution in [3.63, 3.8) is 0 Å². The predicted molar refractivity (Wildman–Crippen MR) is 82.6 cm³/mol. The number of fused-ring (bicyclic) bond motifs is 1. The molecular weight excluding hydrogens is 322 g/mol. The molecule has 0 radical (unpaired) electrons. The molecule has 2 aromatic carbocycles. The van der Waals surface area contributed by atoms with Gasteiger partial charge in [-0.15, -0.1) is 0 Å². The molecule has 0 aliphatic carbocycles. The molecule has 0 saturated carbocycles. The van der Waals surface area contributed by atoms with Gasteiger partial charge in [-0.05, 0) is 12.1 Å². The van der Waals surface area contributed by atoms with E-state index in [1.165, 1.54) is 7.11 Å². The van der Waals surface area contributed by atoms with E-state index >= 15 is 0 Å². The number of carbonyl (C=O) groups is 1. The number of ether oxygens (including phenoxy) is 3. The van der Waals surface area contributed by atoms with E-state index in [0.717, 1.165) is 12.1 Å². The lowest BCUT2D eigenvalue weighted by molar-refractivity contribution is -0.114. The summed E-state index contributed by atoms with van der Waals surface area (Å²) in [6.45, 7) is -0.0253. The number of benzene rings is 2. The Balaban J connectivity index is 1.60. The minimum atomic E-state index is -0.851. The molecule has 0 saturated heterocycles. The van der Waals surface area contributed by atoms with E-state index in [-0.39, 0.29) is 24.9 Å². The first-order valence-electron chi connectivity index (χ1n) is 7.03. The molecule has 0 aromatic heterocycles. The third-order valence-corrected chi connectivity index (χ3v) is 3.31. The monoisotopic (exact) mass is 336 g/mol. The second-order valence-corrected chi connectivity index (χ2v) is 4.94. The number of halogens is 2. The standard InChI is InChI=1S/C16H14F2N2O4/c1-22-16-11(17)4-10(5-12(16)18)19-7-15(21)20-9-2-3-13-14(6-9)24-8-23-13/h2-6,19H,7-8H2,1H3,(H,20,21). The third kappa shape index (κ3) is 3.32. The molecule has 1 aliphatic rings. The van der Waals surface area contributed by atoms with Gasteiger partial charge in [-0.25, -0.2) is 8.78 Å². The fourth-order valence-corrected chi connectivity index (χ4v) is 2.22. The Hall–Kier alpha value is -3.03. The highest BCUT2D eigenvalue weighted by Gasteiger charge is 2.15. The van der Waals surface area contributed by atoms with Crippen LogP contribution in [-0.4, -0.2) is 26.4 Å². The van der Waals surface area contributed by atoms with Gasteiger partial charge in [0.1, 0.15) is 0 Å². The first-order chi connectivity index (χ1) is 11.6. The van der Waals surface area contributed by atoms with Crippen molar-refractivity contribution in [2.24, 2.45) is 0 Å². The Labute approximate surface area is 136 Å². The van der Waals surface area contributed by atoms with Crippen LogP contribution >= 0.6 is 0 Å². The molecule has 24 heavy (non-hydrogen) atoms. The van der Waals surface area contributed by atoms with Gasteiger partial charge in [0.15, 0.2) is 28.9 Å². The highest BCUT2D eigenvalue weighted by Crippen LogP contribution is 2.34. The molecular formula is C16H14F2N2O4. The summed E-state index contributed by atoms with van der Waals surface area (Å²) in [4.78, 5) is 11.9. The van der Waals surface area contributed by atoms with Crippen LogP contribution in [0.2, 0.25) is 0 Å². The van der Waals surface area contributed by atoms with Gasteiger partial charge in [-0.2, -0.15) is 0 Å². The molecule has 0 bridgehead atoms. The Morgan fingerprint density at radius 2 is 1.83 bits per heavy atom. The van der Waals surface area contributed by atoms with Crippen LogP contribution < -0.4 is 24.8 Å². The van der Waals surface area contributed by atoms with Crippen molar-refractivity contribution in [3.8, 4) is 17.2 Å². The highest BCUT2D eigenvalue weighted by atomic mass is 19.1. The number of carbonyl (C=O) groups excluding carboxylic acids is 1. The zero-order valence-electron chi connectivity index (χ0n) is 12.7. The molecule has 1 heterocycles. The van der Waals surface area contributed by atoms with Gasteiger partial charge in [-0.1, -0.05) is 0 Å². The molecule has 126 valence electrons. The van der Waals surface area contributed by atoms with Crippen LogP contribution in [0.4, 0.5) is 20.2 Å². The number of hydrogen-bond donors (Lipinski definition) is 2. The van der Waals surface area contributed by atoms with Crippen LogP contribution in [0, 0.1) is 11.6 Å². The zero-order chi connectivity index (χ0) is 17.1. The smallest absolute Gasteiger partial charge is 0.243 e. The maximum absolute atomic E-state index is 13.6.